The SMILES string of the molecule is CCN1CCCC(n2c(CCCl)nc3cccnc32)C1. The topological polar surface area (TPSA) is 34.0 Å². The predicted molar refractivity (Wildman–Crippen MR) is 82.3 cm³/mol. The number of hydrogen-bond donors (Lipinski definition) is 0. The van der Waals surface area contributed by atoms with Crippen LogP contribution in [-0.2, 0) is 6.42 Å². The van der Waals surface area contributed by atoms with E-state index >= 15 is 0 Å². The third kappa shape index (κ3) is 2.54. The highest BCUT2D eigenvalue weighted by molar-refractivity contribution is 6.17. The largest absolute Gasteiger partial charge is 0.308 e. The summed E-state index contributed by atoms with van der Waals surface area (Å²) in [4.78, 5) is 11.8. The lowest BCUT2D eigenvalue weighted by Crippen LogP contribution is -2.36. The summed E-state index contributed by atoms with van der Waals surface area (Å²) in [6, 6.07) is 4.46. The molecular weight excluding hydrogens is 272 g/mol. The second kappa shape index (κ2) is 6.10. The van der Waals surface area contributed by atoms with Crippen molar-refractivity contribution in [1.29, 1.82) is 0 Å². The van der Waals surface area contributed by atoms with Gasteiger partial charge < -0.3 is 9.47 Å². The normalized spacial score (nSPS) is 20.6. The maximum absolute atomic E-state index is 5.95. The number of piperidine rings is 1. The van der Waals surface area contributed by atoms with Crippen LogP contribution in [-0.4, -0.2) is 44.9 Å². The highest BCUT2D eigenvalue weighted by atomic mass is 35.5. The number of halogens is 1. The van der Waals surface area contributed by atoms with Gasteiger partial charge in [-0.3, -0.25) is 0 Å². The van der Waals surface area contributed by atoms with Gasteiger partial charge in [0.15, 0.2) is 5.65 Å². The molecule has 0 bridgehead atoms. The van der Waals surface area contributed by atoms with Crippen LogP contribution in [0.5, 0.6) is 0 Å². The number of likely N-dealkylation sites (tertiary alicyclic amines) is 1. The number of alkyl halides is 1. The van der Waals surface area contributed by atoms with Crippen molar-refractivity contribution >= 4 is 22.8 Å². The minimum Gasteiger partial charge on any atom is -0.308 e. The van der Waals surface area contributed by atoms with E-state index in [-0.39, 0.29) is 0 Å². The van der Waals surface area contributed by atoms with Crippen LogP contribution in [0.25, 0.3) is 11.2 Å². The lowest BCUT2D eigenvalue weighted by atomic mass is 10.1. The molecule has 0 radical (unpaired) electrons. The summed E-state index contributed by atoms with van der Waals surface area (Å²) < 4.78 is 2.33. The molecule has 0 amide bonds. The smallest absolute Gasteiger partial charge is 0.160 e. The van der Waals surface area contributed by atoms with Crippen molar-refractivity contribution in [3.8, 4) is 0 Å². The number of rotatable bonds is 4. The molecular formula is C15H21ClN4. The summed E-state index contributed by atoms with van der Waals surface area (Å²) in [6.45, 7) is 5.64. The number of pyridine rings is 1. The van der Waals surface area contributed by atoms with Crippen LogP contribution in [0.4, 0.5) is 0 Å². The minimum atomic E-state index is 0.474. The monoisotopic (exact) mass is 292 g/mol. The molecule has 4 nitrogen and oxygen atoms in total. The Bertz CT molecular complexity index is 580. The minimum absolute atomic E-state index is 0.474. The van der Waals surface area contributed by atoms with Crippen molar-refractivity contribution < 1.29 is 0 Å². The fraction of sp³-hybridized carbons (Fsp3) is 0.600. The summed E-state index contributed by atoms with van der Waals surface area (Å²) in [5.74, 6) is 1.68. The molecule has 2 aromatic heterocycles. The molecule has 1 atom stereocenters. The highest BCUT2D eigenvalue weighted by Crippen LogP contribution is 2.27. The van der Waals surface area contributed by atoms with Crippen molar-refractivity contribution in [2.45, 2.75) is 32.2 Å². The van der Waals surface area contributed by atoms with E-state index in [0.29, 0.717) is 11.9 Å². The Kier molecular flexibility index (Phi) is 4.22. The van der Waals surface area contributed by atoms with Gasteiger partial charge >= 0.3 is 0 Å². The number of fused-ring (bicyclic) bond motifs is 1. The standard InChI is InChI=1S/C15H21ClN4/c1-2-19-10-4-5-12(11-19)20-14(7-8-16)18-13-6-3-9-17-15(13)20/h3,6,9,12H,2,4-5,7-8,10-11H2,1H3. The Morgan fingerprint density at radius 3 is 3.15 bits per heavy atom. The Morgan fingerprint density at radius 2 is 2.35 bits per heavy atom. The number of aryl methyl sites for hydroxylation is 1. The van der Waals surface area contributed by atoms with Gasteiger partial charge in [-0.1, -0.05) is 6.92 Å². The Hall–Kier alpha value is -1.13. The van der Waals surface area contributed by atoms with Crippen LogP contribution in [0.15, 0.2) is 18.3 Å². The molecule has 108 valence electrons. The maximum Gasteiger partial charge on any atom is 0.160 e. The number of hydrogen-bond acceptors (Lipinski definition) is 3. The van der Waals surface area contributed by atoms with E-state index in [1.54, 1.807) is 0 Å². The molecule has 5 heteroatoms. The van der Waals surface area contributed by atoms with Crippen LogP contribution in [0.2, 0.25) is 0 Å². The maximum atomic E-state index is 5.95. The van der Waals surface area contributed by atoms with E-state index in [1.165, 1.54) is 19.4 Å². The molecule has 0 N–H and O–H groups in total. The summed E-state index contributed by atoms with van der Waals surface area (Å²) >= 11 is 5.95. The predicted octanol–water partition coefficient (Wildman–Crippen LogP) is 2.87. The zero-order chi connectivity index (χ0) is 13.9. The molecule has 0 aliphatic carbocycles. The van der Waals surface area contributed by atoms with Crippen LogP contribution in [0, 0.1) is 0 Å². The van der Waals surface area contributed by atoms with Gasteiger partial charge in [0, 0.05) is 31.1 Å². The molecule has 3 rings (SSSR count). The summed E-state index contributed by atoms with van der Waals surface area (Å²) in [7, 11) is 0. The lowest BCUT2D eigenvalue weighted by Gasteiger charge is -2.33. The fourth-order valence-electron chi connectivity index (χ4n) is 3.15. The molecule has 2 aromatic rings. The number of aromatic nitrogens is 3. The molecule has 1 fully saturated rings. The van der Waals surface area contributed by atoms with Crippen LogP contribution in [0.1, 0.15) is 31.6 Å². The first-order chi connectivity index (χ1) is 9.83. The second-order valence-electron chi connectivity index (χ2n) is 5.37. The summed E-state index contributed by atoms with van der Waals surface area (Å²) in [5, 5.41) is 0. The Morgan fingerprint density at radius 1 is 1.45 bits per heavy atom. The second-order valence-corrected chi connectivity index (χ2v) is 5.75. The van der Waals surface area contributed by atoms with Gasteiger partial charge in [-0.15, -0.1) is 11.6 Å². The quantitative estimate of drug-likeness (QED) is 0.813. The van der Waals surface area contributed by atoms with E-state index < -0.39 is 0 Å². The molecule has 0 saturated carbocycles. The zero-order valence-electron chi connectivity index (χ0n) is 11.9. The van der Waals surface area contributed by atoms with Gasteiger partial charge in [-0.05, 0) is 38.1 Å². The van der Waals surface area contributed by atoms with Gasteiger partial charge in [0.1, 0.15) is 11.3 Å². The van der Waals surface area contributed by atoms with Gasteiger partial charge in [0.25, 0.3) is 0 Å². The first-order valence-corrected chi connectivity index (χ1v) is 7.97. The van der Waals surface area contributed by atoms with E-state index in [9.17, 15) is 0 Å². The Balaban J connectivity index is 2.01. The third-order valence-electron chi connectivity index (χ3n) is 4.13. The molecule has 1 aliphatic heterocycles. The molecule has 1 aliphatic rings. The van der Waals surface area contributed by atoms with E-state index in [4.69, 9.17) is 16.6 Å². The first-order valence-electron chi connectivity index (χ1n) is 7.43. The summed E-state index contributed by atoms with van der Waals surface area (Å²) in [5.41, 5.74) is 2.00. The molecule has 0 aromatic carbocycles. The molecule has 1 saturated heterocycles. The van der Waals surface area contributed by atoms with E-state index in [2.05, 4.69) is 21.4 Å². The number of likely N-dealkylation sites (N-methyl/N-ethyl adjacent to an activating group) is 1. The molecule has 0 spiro atoms. The highest BCUT2D eigenvalue weighted by Gasteiger charge is 2.24. The van der Waals surface area contributed by atoms with Crippen molar-refractivity contribution in [3.63, 3.8) is 0 Å². The fourth-order valence-corrected chi connectivity index (χ4v) is 3.32. The van der Waals surface area contributed by atoms with Gasteiger partial charge in [-0.2, -0.15) is 0 Å². The van der Waals surface area contributed by atoms with Crippen molar-refractivity contribution in [2.24, 2.45) is 0 Å². The average molecular weight is 293 g/mol. The number of imidazole rings is 1. The third-order valence-corrected chi connectivity index (χ3v) is 4.32. The first kappa shape index (κ1) is 13.8. The van der Waals surface area contributed by atoms with Crippen LogP contribution < -0.4 is 0 Å². The van der Waals surface area contributed by atoms with Gasteiger partial charge in [0.05, 0.1) is 0 Å². The lowest BCUT2D eigenvalue weighted by molar-refractivity contribution is 0.185. The van der Waals surface area contributed by atoms with Gasteiger partial charge in [-0.25, -0.2) is 9.97 Å². The Labute approximate surface area is 124 Å². The zero-order valence-corrected chi connectivity index (χ0v) is 12.7. The average Bonchev–Trinajstić information content (AvgIpc) is 2.85. The van der Waals surface area contributed by atoms with Gasteiger partial charge in [0.2, 0.25) is 0 Å². The van der Waals surface area contributed by atoms with Crippen molar-refractivity contribution in [2.75, 3.05) is 25.5 Å². The molecule has 3 heterocycles. The number of nitrogens with zero attached hydrogens (tertiary/aromatic N) is 4. The van der Waals surface area contributed by atoms with Crippen LogP contribution in [0.3, 0.4) is 0 Å². The van der Waals surface area contributed by atoms with E-state index in [0.717, 1.165) is 36.5 Å². The molecule has 1 unspecified atom stereocenters. The van der Waals surface area contributed by atoms with E-state index in [1.807, 2.05) is 18.3 Å². The van der Waals surface area contributed by atoms with Crippen LogP contribution >= 0.6 is 11.6 Å². The molecule has 20 heavy (non-hydrogen) atoms. The summed E-state index contributed by atoms with van der Waals surface area (Å²) in [6.07, 6.45) is 5.10. The van der Waals surface area contributed by atoms with Crippen molar-refractivity contribution in [3.05, 3.63) is 24.2 Å². The van der Waals surface area contributed by atoms with Crippen molar-refractivity contribution in [1.82, 2.24) is 19.4 Å².